The maximum Gasteiger partial charge on any atom is 0.189 e. The van der Waals surface area contributed by atoms with Crippen LogP contribution in [0.15, 0.2) is 41.3 Å². The first-order valence-electron chi connectivity index (χ1n) is 11.3. The molecule has 2 nitrogen and oxygen atoms in total. The van der Waals surface area contributed by atoms with Gasteiger partial charge in [-0.25, -0.2) is 0 Å². The molecule has 4 aliphatic carbocycles. The van der Waals surface area contributed by atoms with Gasteiger partial charge in [-0.3, -0.25) is 0 Å². The molecule has 4 saturated carbocycles. The van der Waals surface area contributed by atoms with Gasteiger partial charge in [0.2, 0.25) is 0 Å². The van der Waals surface area contributed by atoms with Crippen molar-refractivity contribution < 1.29 is 9.47 Å². The van der Waals surface area contributed by atoms with Gasteiger partial charge in [0, 0.05) is 21.7 Å². The fraction of sp³-hybridized carbons (Fsp3) is 0.600. The van der Waals surface area contributed by atoms with Crippen LogP contribution in [0.2, 0.25) is 0 Å². The van der Waals surface area contributed by atoms with Crippen molar-refractivity contribution in [3.63, 3.8) is 0 Å². The van der Waals surface area contributed by atoms with Gasteiger partial charge in [-0.1, -0.05) is 18.2 Å². The standard InChI is InChI=1S/C25H31O2S/c1-2-6-22-21(5-1)23(7-8-24(22)28-9-3-4-10-28)26-16-27-25-19-12-17-11-18(14-19)15-20(25)13-17/h1-2,5-8,17-20,25H,3-4,9-16H2/q+1. The molecule has 0 spiro atoms. The minimum atomic E-state index is 0.405. The highest BCUT2D eigenvalue weighted by Crippen LogP contribution is 2.54. The highest BCUT2D eigenvalue weighted by Gasteiger charge is 2.48. The van der Waals surface area contributed by atoms with Gasteiger partial charge in [-0.05, 0) is 86.8 Å². The van der Waals surface area contributed by atoms with Crippen molar-refractivity contribution in [3.8, 4) is 5.75 Å². The largest absolute Gasteiger partial charge is 0.467 e. The van der Waals surface area contributed by atoms with E-state index in [2.05, 4.69) is 36.4 Å². The maximum atomic E-state index is 6.38. The highest BCUT2D eigenvalue weighted by atomic mass is 32.2. The van der Waals surface area contributed by atoms with Crippen molar-refractivity contribution in [2.24, 2.45) is 23.7 Å². The Bertz CT molecular complexity index is 829. The lowest BCUT2D eigenvalue weighted by Gasteiger charge is -2.53. The van der Waals surface area contributed by atoms with E-state index in [-0.39, 0.29) is 0 Å². The van der Waals surface area contributed by atoms with Crippen molar-refractivity contribution in [1.29, 1.82) is 0 Å². The number of fused-ring (bicyclic) bond motifs is 1. The van der Waals surface area contributed by atoms with Crippen molar-refractivity contribution in [3.05, 3.63) is 36.4 Å². The summed E-state index contributed by atoms with van der Waals surface area (Å²) in [5, 5.41) is 2.65. The Morgan fingerprint density at radius 2 is 1.46 bits per heavy atom. The Balaban J connectivity index is 1.18. The molecular weight excluding hydrogens is 364 g/mol. The van der Waals surface area contributed by atoms with E-state index in [4.69, 9.17) is 9.47 Å². The van der Waals surface area contributed by atoms with Gasteiger partial charge in [-0.2, -0.15) is 0 Å². The van der Waals surface area contributed by atoms with E-state index in [1.807, 2.05) is 0 Å². The first-order valence-corrected chi connectivity index (χ1v) is 12.8. The average Bonchev–Trinajstić information content (AvgIpc) is 3.24. The summed E-state index contributed by atoms with van der Waals surface area (Å²) in [7, 11) is 0.428. The number of benzene rings is 2. The van der Waals surface area contributed by atoms with E-state index in [9.17, 15) is 0 Å². The van der Waals surface area contributed by atoms with Gasteiger partial charge in [0.1, 0.15) is 17.3 Å². The van der Waals surface area contributed by atoms with E-state index in [0.29, 0.717) is 23.8 Å². The third kappa shape index (κ3) is 3.06. The van der Waals surface area contributed by atoms with Crippen LogP contribution in [-0.2, 0) is 15.6 Å². The molecule has 0 N–H and O–H groups in total. The molecule has 2 aromatic carbocycles. The van der Waals surface area contributed by atoms with Gasteiger partial charge in [0.05, 0.1) is 6.10 Å². The molecule has 1 saturated heterocycles. The van der Waals surface area contributed by atoms with Crippen molar-refractivity contribution in [1.82, 2.24) is 0 Å². The Morgan fingerprint density at radius 1 is 0.786 bits per heavy atom. The third-order valence-corrected chi connectivity index (χ3v) is 10.3. The van der Waals surface area contributed by atoms with Crippen molar-refractivity contribution in [2.75, 3.05) is 18.3 Å². The van der Waals surface area contributed by atoms with Gasteiger partial charge in [0.25, 0.3) is 0 Å². The number of ether oxygens (including phenoxy) is 2. The summed E-state index contributed by atoms with van der Waals surface area (Å²) in [4.78, 5) is 1.54. The summed E-state index contributed by atoms with van der Waals surface area (Å²) < 4.78 is 12.6. The van der Waals surface area contributed by atoms with Gasteiger partial charge >= 0.3 is 0 Å². The third-order valence-electron chi connectivity index (χ3n) is 7.80. The molecule has 28 heavy (non-hydrogen) atoms. The lowest BCUT2D eigenvalue weighted by atomic mass is 9.55. The molecule has 1 heterocycles. The Labute approximate surface area is 171 Å². The molecule has 5 aliphatic rings. The van der Waals surface area contributed by atoms with Crippen molar-refractivity contribution in [2.45, 2.75) is 55.9 Å². The molecule has 148 valence electrons. The van der Waals surface area contributed by atoms with Crippen LogP contribution in [0.3, 0.4) is 0 Å². The van der Waals surface area contributed by atoms with Gasteiger partial charge in [0.15, 0.2) is 11.7 Å². The van der Waals surface area contributed by atoms with Crippen LogP contribution in [0.25, 0.3) is 10.8 Å². The molecule has 7 rings (SSSR count). The molecule has 0 radical (unpaired) electrons. The summed E-state index contributed by atoms with van der Waals surface area (Å²) >= 11 is 0. The number of hydrogen-bond donors (Lipinski definition) is 0. The molecule has 2 aromatic rings. The smallest absolute Gasteiger partial charge is 0.189 e. The maximum absolute atomic E-state index is 6.38. The first kappa shape index (κ1) is 17.7. The average molecular weight is 396 g/mol. The van der Waals surface area contributed by atoms with Crippen LogP contribution in [0.1, 0.15) is 44.9 Å². The van der Waals surface area contributed by atoms with E-state index in [1.165, 1.54) is 67.2 Å². The molecule has 4 bridgehead atoms. The zero-order valence-electron chi connectivity index (χ0n) is 16.6. The van der Waals surface area contributed by atoms with Crippen LogP contribution in [-0.4, -0.2) is 24.4 Å². The fourth-order valence-corrected chi connectivity index (χ4v) is 9.32. The normalized spacial score (nSPS) is 34.4. The second-order valence-electron chi connectivity index (χ2n) is 9.54. The second-order valence-corrected chi connectivity index (χ2v) is 11.8. The minimum absolute atomic E-state index is 0.405. The molecule has 0 atom stereocenters. The van der Waals surface area contributed by atoms with Crippen LogP contribution < -0.4 is 4.74 Å². The molecule has 1 aliphatic heterocycles. The quantitative estimate of drug-likeness (QED) is 0.471. The molecule has 5 fully saturated rings. The summed E-state index contributed by atoms with van der Waals surface area (Å²) in [6, 6.07) is 13.3. The Morgan fingerprint density at radius 3 is 2.18 bits per heavy atom. The van der Waals surface area contributed by atoms with Gasteiger partial charge < -0.3 is 9.47 Å². The summed E-state index contributed by atoms with van der Waals surface area (Å²) in [5.74, 6) is 7.29. The van der Waals surface area contributed by atoms with E-state index in [0.717, 1.165) is 29.4 Å². The van der Waals surface area contributed by atoms with Crippen LogP contribution in [0, 0.1) is 23.7 Å². The lowest BCUT2D eigenvalue weighted by Crippen LogP contribution is -2.49. The van der Waals surface area contributed by atoms with E-state index in [1.54, 1.807) is 4.90 Å². The molecule has 3 heteroatoms. The Hall–Kier alpha value is -1.19. The fourth-order valence-electron chi connectivity index (χ4n) is 6.82. The van der Waals surface area contributed by atoms with Crippen LogP contribution in [0.5, 0.6) is 5.75 Å². The van der Waals surface area contributed by atoms with E-state index < -0.39 is 0 Å². The molecular formula is C25H31O2S+. The first-order chi connectivity index (χ1) is 13.8. The Kier molecular flexibility index (Phi) is 4.57. The van der Waals surface area contributed by atoms with Crippen LogP contribution in [0.4, 0.5) is 0 Å². The predicted octanol–water partition coefficient (Wildman–Crippen LogP) is 5.79. The minimum Gasteiger partial charge on any atom is -0.467 e. The topological polar surface area (TPSA) is 18.5 Å². The molecule has 0 aromatic heterocycles. The lowest BCUT2D eigenvalue weighted by molar-refractivity contribution is -0.154. The van der Waals surface area contributed by atoms with E-state index >= 15 is 0 Å². The monoisotopic (exact) mass is 395 g/mol. The van der Waals surface area contributed by atoms with Crippen molar-refractivity contribution >= 4 is 21.7 Å². The molecule has 0 unspecified atom stereocenters. The highest BCUT2D eigenvalue weighted by molar-refractivity contribution is 7.97. The zero-order valence-corrected chi connectivity index (χ0v) is 17.5. The van der Waals surface area contributed by atoms with Gasteiger partial charge in [-0.15, -0.1) is 0 Å². The predicted molar refractivity (Wildman–Crippen MR) is 116 cm³/mol. The number of rotatable bonds is 5. The zero-order chi connectivity index (χ0) is 18.5. The number of hydrogen-bond acceptors (Lipinski definition) is 2. The molecule has 0 amide bonds. The summed E-state index contributed by atoms with van der Waals surface area (Å²) in [6.07, 6.45) is 10.3. The summed E-state index contributed by atoms with van der Waals surface area (Å²) in [5.41, 5.74) is 0. The van der Waals surface area contributed by atoms with Crippen LogP contribution >= 0.6 is 0 Å². The SMILES string of the molecule is c1ccc2c([S+]3CCCC3)ccc(OCOC3C4CC5CC(C4)CC3C5)c2c1. The summed E-state index contributed by atoms with van der Waals surface area (Å²) in [6.45, 7) is 0.405. The second kappa shape index (κ2) is 7.25.